The molecule has 0 aliphatic rings. The van der Waals surface area contributed by atoms with Crippen LogP contribution < -0.4 is 21.7 Å². The lowest BCUT2D eigenvalue weighted by molar-refractivity contribution is -0.134. The number of ether oxygens (including phenoxy) is 1. The predicted octanol–water partition coefficient (Wildman–Crippen LogP) is 1.25. The van der Waals surface area contributed by atoms with E-state index in [9.17, 15) is 19.2 Å². The highest BCUT2D eigenvalue weighted by Crippen LogP contribution is 2.22. The lowest BCUT2D eigenvalue weighted by Crippen LogP contribution is -2.48. The van der Waals surface area contributed by atoms with E-state index in [0.717, 1.165) is 5.56 Å². The van der Waals surface area contributed by atoms with Crippen LogP contribution in [0.1, 0.15) is 51.7 Å². The molecule has 0 bridgehead atoms. The van der Waals surface area contributed by atoms with Crippen molar-refractivity contribution in [1.29, 1.82) is 0 Å². The highest BCUT2D eigenvalue weighted by Gasteiger charge is 2.21. The van der Waals surface area contributed by atoms with Gasteiger partial charge < -0.3 is 26.4 Å². The van der Waals surface area contributed by atoms with E-state index < -0.39 is 11.9 Å². The Labute approximate surface area is 177 Å². The van der Waals surface area contributed by atoms with Gasteiger partial charge in [-0.15, -0.1) is 0 Å². The molecule has 0 fully saturated rings. The number of hydrogen-bond acceptors (Lipinski definition) is 6. The number of hydrogen-bond donors (Lipinski definition) is 4. The maximum absolute atomic E-state index is 12.7. The molecule has 1 aromatic carbocycles. The van der Waals surface area contributed by atoms with Gasteiger partial charge in [-0.25, -0.2) is 0 Å². The SMILES string of the molecule is CCC(OC=O)c1ccc(NC(=O)[C@H](CCCN)NC(=O)CNC(=O)C(C)C)cc1. The van der Waals surface area contributed by atoms with Gasteiger partial charge in [-0.3, -0.25) is 19.2 Å². The van der Waals surface area contributed by atoms with Crippen LogP contribution >= 0.6 is 0 Å². The monoisotopic (exact) mass is 420 g/mol. The van der Waals surface area contributed by atoms with Crippen molar-refractivity contribution in [3.63, 3.8) is 0 Å². The van der Waals surface area contributed by atoms with Gasteiger partial charge >= 0.3 is 0 Å². The molecule has 0 aliphatic heterocycles. The number of nitrogens with two attached hydrogens (primary N) is 1. The molecule has 1 rings (SSSR count). The predicted molar refractivity (Wildman–Crippen MR) is 113 cm³/mol. The van der Waals surface area contributed by atoms with Crippen molar-refractivity contribution in [3.8, 4) is 0 Å². The normalized spacial score (nSPS) is 12.6. The number of carbonyl (C=O) groups is 4. The summed E-state index contributed by atoms with van der Waals surface area (Å²) >= 11 is 0. The maximum atomic E-state index is 12.7. The second kappa shape index (κ2) is 13.3. The van der Waals surface area contributed by atoms with E-state index in [0.29, 0.717) is 38.0 Å². The maximum Gasteiger partial charge on any atom is 0.293 e. The quantitative estimate of drug-likeness (QED) is 0.354. The van der Waals surface area contributed by atoms with E-state index in [-0.39, 0.29) is 30.4 Å². The molecule has 9 nitrogen and oxygen atoms in total. The molecule has 30 heavy (non-hydrogen) atoms. The molecular weight excluding hydrogens is 388 g/mol. The minimum atomic E-state index is -0.779. The Hall–Kier alpha value is -2.94. The summed E-state index contributed by atoms with van der Waals surface area (Å²) < 4.78 is 5.02. The number of rotatable bonds is 13. The van der Waals surface area contributed by atoms with Crippen molar-refractivity contribution in [2.24, 2.45) is 11.7 Å². The summed E-state index contributed by atoms with van der Waals surface area (Å²) in [6.07, 6.45) is 1.21. The summed E-state index contributed by atoms with van der Waals surface area (Å²) in [5, 5.41) is 7.93. The molecule has 0 radical (unpaired) electrons. The third kappa shape index (κ3) is 8.60. The lowest BCUT2D eigenvalue weighted by Gasteiger charge is -2.19. The van der Waals surface area contributed by atoms with Gasteiger partial charge in [0.25, 0.3) is 6.47 Å². The zero-order valence-corrected chi connectivity index (χ0v) is 17.8. The Morgan fingerprint density at radius 1 is 1.13 bits per heavy atom. The first-order chi connectivity index (χ1) is 14.3. The summed E-state index contributed by atoms with van der Waals surface area (Å²) in [6.45, 7) is 5.95. The Balaban J connectivity index is 2.72. The number of anilines is 1. The highest BCUT2D eigenvalue weighted by atomic mass is 16.5. The Morgan fingerprint density at radius 3 is 2.33 bits per heavy atom. The van der Waals surface area contributed by atoms with Crippen molar-refractivity contribution < 1.29 is 23.9 Å². The molecule has 2 atom stereocenters. The molecule has 9 heteroatoms. The molecule has 0 aromatic heterocycles. The fourth-order valence-corrected chi connectivity index (χ4v) is 2.70. The second-order valence-corrected chi connectivity index (χ2v) is 7.16. The van der Waals surface area contributed by atoms with Crippen molar-refractivity contribution in [2.45, 2.75) is 52.2 Å². The van der Waals surface area contributed by atoms with Crippen LogP contribution in [0.2, 0.25) is 0 Å². The van der Waals surface area contributed by atoms with E-state index in [1.807, 2.05) is 6.92 Å². The average Bonchev–Trinajstić information content (AvgIpc) is 2.73. The molecule has 0 heterocycles. The molecule has 1 unspecified atom stereocenters. The van der Waals surface area contributed by atoms with Gasteiger partial charge in [-0.2, -0.15) is 0 Å². The summed E-state index contributed by atoms with van der Waals surface area (Å²) in [4.78, 5) is 47.0. The lowest BCUT2D eigenvalue weighted by atomic mass is 10.1. The number of amides is 3. The van der Waals surface area contributed by atoms with Crippen LogP contribution in [0.25, 0.3) is 0 Å². The zero-order valence-electron chi connectivity index (χ0n) is 17.8. The largest absolute Gasteiger partial charge is 0.460 e. The number of carbonyl (C=O) groups excluding carboxylic acids is 4. The van der Waals surface area contributed by atoms with Crippen LogP contribution in [0.4, 0.5) is 5.69 Å². The van der Waals surface area contributed by atoms with Gasteiger partial charge in [0.15, 0.2) is 0 Å². The van der Waals surface area contributed by atoms with E-state index >= 15 is 0 Å². The van der Waals surface area contributed by atoms with E-state index in [2.05, 4.69) is 16.0 Å². The first-order valence-electron chi connectivity index (χ1n) is 10.1. The van der Waals surface area contributed by atoms with Crippen LogP contribution in [-0.4, -0.2) is 43.3 Å². The Bertz CT molecular complexity index is 706. The topological polar surface area (TPSA) is 140 Å². The Kier molecular flexibility index (Phi) is 11.1. The van der Waals surface area contributed by atoms with Gasteiger partial charge in [0.1, 0.15) is 12.1 Å². The third-order valence-electron chi connectivity index (χ3n) is 4.44. The minimum absolute atomic E-state index is 0.201. The van der Waals surface area contributed by atoms with Gasteiger partial charge in [0.2, 0.25) is 17.7 Å². The van der Waals surface area contributed by atoms with Crippen molar-refractivity contribution in [2.75, 3.05) is 18.4 Å². The van der Waals surface area contributed by atoms with Crippen molar-refractivity contribution >= 4 is 29.9 Å². The van der Waals surface area contributed by atoms with Crippen LogP contribution in [0.5, 0.6) is 0 Å². The molecule has 0 spiro atoms. The van der Waals surface area contributed by atoms with Gasteiger partial charge in [-0.05, 0) is 43.5 Å². The molecule has 3 amide bonds. The molecule has 0 saturated heterocycles. The summed E-state index contributed by atoms with van der Waals surface area (Å²) in [5.74, 6) is -1.30. The highest BCUT2D eigenvalue weighted by molar-refractivity contribution is 5.97. The van der Waals surface area contributed by atoms with E-state index in [4.69, 9.17) is 10.5 Å². The van der Waals surface area contributed by atoms with Crippen LogP contribution in [0.15, 0.2) is 24.3 Å². The molecule has 166 valence electrons. The first kappa shape index (κ1) is 25.1. The third-order valence-corrected chi connectivity index (χ3v) is 4.44. The van der Waals surface area contributed by atoms with Gasteiger partial charge in [0.05, 0.1) is 6.54 Å². The average molecular weight is 421 g/mol. The second-order valence-electron chi connectivity index (χ2n) is 7.16. The Morgan fingerprint density at radius 2 is 1.80 bits per heavy atom. The van der Waals surface area contributed by atoms with E-state index in [1.54, 1.807) is 38.1 Å². The first-order valence-corrected chi connectivity index (χ1v) is 10.1. The summed E-state index contributed by atoms with van der Waals surface area (Å²) in [7, 11) is 0. The molecule has 0 aliphatic carbocycles. The van der Waals surface area contributed by atoms with Crippen molar-refractivity contribution in [1.82, 2.24) is 10.6 Å². The molecular formula is C21H32N4O5. The summed E-state index contributed by atoms with van der Waals surface area (Å²) in [5.41, 5.74) is 6.90. The van der Waals surface area contributed by atoms with Gasteiger partial charge in [0, 0.05) is 11.6 Å². The van der Waals surface area contributed by atoms with E-state index in [1.165, 1.54) is 0 Å². The molecule has 0 saturated carbocycles. The fraction of sp³-hybridized carbons (Fsp3) is 0.524. The standard InChI is InChI=1S/C21H32N4O5/c1-4-18(30-13-26)15-7-9-16(10-8-15)24-21(29)17(6-5-11-22)25-19(27)12-23-20(28)14(2)3/h7-10,13-14,17-18H,4-6,11-12,22H2,1-3H3,(H,23,28)(H,24,29)(H,25,27)/t17-,18?/m0/s1. The smallest absolute Gasteiger partial charge is 0.293 e. The van der Waals surface area contributed by atoms with Crippen LogP contribution in [0, 0.1) is 5.92 Å². The fourth-order valence-electron chi connectivity index (χ4n) is 2.70. The van der Waals surface area contributed by atoms with Crippen molar-refractivity contribution in [3.05, 3.63) is 29.8 Å². The molecule has 1 aromatic rings. The number of nitrogens with one attached hydrogen (secondary N) is 3. The minimum Gasteiger partial charge on any atom is -0.460 e. The van der Waals surface area contributed by atoms with Crippen LogP contribution in [-0.2, 0) is 23.9 Å². The molecule has 5 N–H and O–H groups in total. The van der Waals surface area contributed by atoms with Crippen LogP contribution in [0.3, 0.4) is 0 Å². The zero-order chi connectivity index (χ0) is 22.5. The number of benzene rings is 1. The van der Waals surface area contributed by atoms with Gasteiger partial charge in [-0.1, -0.05) is 32.9 Å². The summed E-state index contributed by atoms with van der Waals surface area (Å²) in [6, 6.07) is 6.16.